The number of carbonyl (C=O) groups excluding carboxylic acids is 1. The van der Waals surface area contributed by atoms with Gasteiger partial charge in [0.05, 0.1) is 0 Å². The van der Waals surface area contributed by atoms with Crippen LogP contribution in [0.4, 0.5) is 0 Å². The molecule has 0 saturated heterocycles. The second-order valence-corrected chi connectivity index (χ2v) is 9.35. The summed E-state index contributed by atoms with van der Waals surface area (Å²) in [5, 5.41) is 9.44. The van der Waals surface area contributed by atoms with Crippen LogP contribution < -0.4 is 0 Å². The Labute approximate surface area is 140 Å². The van der Waals surface area contributed by atoms with Gasteiger partial charge in [-0.15, -0.1) is 0 Å². The Bertz CT molecular complexity index is 524. The Hall–Kier alpha value is -0.630. The minimum Gasteiger partial charge on any atom is -0.396 e. The number of carbonyl (C=O) groups is 1. The monoisotopic (exact) mass is 316 g/mol. The van der Waals surface area contributed by atoms with Gasteiger partial charge in [0.25, 0.3) is 0 Å². The highest BCUT2D eigenvalue weighted by Gasteiger charge is 2.59. The summed E-state index contributed by atoms with van der Waals surface area (Å²) in [4.78, 5) is 11.9. The molecule has 3 saturated carbocycles. The van der Waals surface area contributed by atoms with Gasteiger partial charge in [0.15, 0.2) is 5.78 Å². The van der Waals surface area contributed by atoms with Crippen LogP contribution in [-0.4, -0.2) is 17.5 Å². The Morgan fingerprint density at radius 1 is 1.13 bits per heavy atom. The third kappa shape index (κ3) is 2.20. The zero-order chi connectivity index (χ0) is 16.2. The molecule has 4 aliphatic rings. The van der Waals surface area contributed by atoms with Crippen molar-refractivity contribution < 1.29 is 9.90 Å². The molecule has 0 aromatic carbocycles. The lowest BCUT2D eigenvalue weighted by atomic mass is 9.46. The Balaban J connectivity index is 1.63. The van der Waals surface area contributed by atoms with Gasteiger partial charge in [-0.3, -0.25) is 4.79 Å². The minimum absolute atomic E-state index is 0.257. The van der Waals surface area contributed by atoms with E-state index in [1.165, 1.54) is 38.5 Å². The van der Waals surface area contributed by atoms with E-state index < -0.39 is 0 Å². The smallest absolute Gasteiger partial charge is 0.155 e. The summed E-state index contributed by atoms with van der Waals surface area (Å²) < 4.78 is 0. The third-order valence-electron chi connectivity index (χ3n) is 8.71. The van der Waals surface area contributed by atoms with E-state index in [0.29, 0.717) is 23.7 Å². The van der Waals surface area contributed by atoms with E-state index in [0.717, 1.165) is 36.5 Å². The highest BCUT2D eigenvalue weighted by molar-refractivity contribution is 5.91. The van der Waals surface area contributed by atoms with Gasteiger partial charge >= 0.3 is 0 Å². The standard InChI is InChI=1S/C21H32O2/c1-20-11-8-19-17(18(20)6-4-14(20)9-12-22)5-3-15-13-16(23)7-10-21(15,19)2/h7,10,14-15,17-19,22H,3-6,8-9,11-13H2,1-2H3/t14-,15?,17?,18?,19?,20-,21+/m1/s1. The summed E-state index contributed by atoms with van der Waals surface area (Å²) in [5.74, 6) is 4.12. The molecule has 7 atom stereocenters. The second-order valence-electron chi connectivity index (χ2n) is 9.35. The lowest BCUT2D eigenvalue weighted by Crippen LogP contribution is -2.52. The maximum absolute atomic E-state index is 11.9. The van der Waals surface area contributed by atoms with Crippen molar-refractivity contribution in [1.29, 1.82) is 0 Å². The van der Waals surface area contributed by atoms with E-state index in [1.807, 2.05) is 6.08 Å². The second kappa shape index (κ2) is 5.44. The number of rotatable bonds is 2. The fourth-order valence-electron chi connectivity index (χ4n) is 7.37. The van der Waals surface area contributed by atoms with Crippen molar-refractivity contribution in [2.75, 3.05) is 6.61 Å². The van der Waals surface area contributed by atoms with E-state index in [9.17, 15) is 9.90 Å². The summed E-state index contributed by atoms with van der Waals surface area (Å²) in [6, 6.07) is 0. The number of hydrogen-bond acceptors (Lipinski definition) is 2. The molecular formula is C21H32O2. The molecule has 0 spiro atoms. The molecule has 0 aliphatic heterocycles. The molecule has 0 radical (unpaired) electrons. The van der Waals surface area contributed by atoms with E-state index in [2.05, 4.69) is 19.9 Å². The molecule has 0 amide bonds. The zero-order valence-corrected chi connectivity index (χ0v) is 14.8. The number of hydrogen-bond donors (Lipinski definition) is 1. The van der Waals surface area contributed by atoms with Crippen molar-refractivity contribution in [3.05, 3.63) is 12.2 Å². The van der Waals surface area contributed by atoms with Crippen LogP contribution >= 0.6 is 0 Å². The molecule has 2 nitrogen and oxygen atoms in total. The predicted octanol–water partition coefficient (Wildman–Crippen LogP) is 4.37. The SMILES string of the molecule is C[C@]12C=CC(=O)CC1CCC1C2CC[C@@]2(C)C1CC[C@@H]2CCO. The number of allylic oxidation sites excluding steroid dienone is 2. The predicted molar refractivity (Wildman–Crippen MR) is 91.8 cm³/mol. The van der Waals surface area contributed by atoms with Gasteiger partial charge in [-0.1, -0.05) is 19.9 Å². The van der Waals surface area contributed by atoms with Gasteiger partial charge in [0.1, 0.15) is 0 Å². The highest BCUT2D eigenvalue weighted by Crippen LogP contribution is 2.66. The molecule has 23 heavy (non-hydrogen) atoms. The van der Waals surface area contributed by atoms with Crippen molar-refractivity contribution in [3.8, 4) is 0 Å². The molecule has 4 rings (SSSR count). The fraction of sp³-hybridized carbons (Fsp3) is 0.857. The van der Waals surface area contributed by atoms with Crippen molar-refractivity contribution >= 4 is 5.78 Å². The van der Waals surface area contributed by atoms with Gasteiger partial charge in [0, 0.05) is 13.0 Å². The van der Waals surface area contributed by atoms with E-state index in [4.69, 9.17) is 0 Å². The quantitative estimate of drug-likeness (QED) is 0.821. The summed E-state index contributed by atoms with van der Waals surface area (Å²) in [5.41, 5.74) is 0.717. The molecule has 0 aromatic rings. The number of aliphatic hydroxyl groups excluding tert-OH is 1. The van der Waals surface area contributed by atoms with Crippen molar-refractivity contribution in [2.24, 2.45) is 40.4 Å². The van der Waals surface area contributed by atoms with Crippen molar-refractivity contribution in [1.82, 2.24) is 0 Å². The molecule has 4 unspecified atom stereocenters. The summed E-state index contributed by atoms with van der Waals surface area (Å²) in [6.45, 7) is 5.32. The molecule has 128 valence electrons. The average Bonchev–Trinajstić information content (AvgIpc) is 2.85. The summed E-state index contributed by atoms with van der Waals surface area (Å²) in [7, 11) is 0. The number of aliphatic hydroxyl groups is 1. The van der Waals surface area contributed by atoms with Crippen LogP contribution in [0.3, 0.4) is 0 Å². The Kier molecular flexibility index (Phi) is 3.75. The lowest BCUT2D eigenvalue weighted by Gasteiger charge is -2.59. The summed E-state index contributed by atoms with van der Waals surface area (Å²) in [6.07, 6.45) is 13.9. The first kappa shape index (κ1) is 15.9. The van der Waals surface area contributed by atoms with Gasteiger partial charge in [-0.2, -0.15) is 0 Å². The topological polar surface area (TPSA) is 37.3 Å². The van der Waals surface area contributed by atoms with Gasteiger partial charge in [-0.05, 0) is 91.4 Å². The number of ketones is 1. The minimum atomic E-state index is 0.257. The van der Waals surface area contributed by atoms with Gasteiger partial charge < -0.3 is 5.11 Å². The van der Waals surface area contributed by atoms with Gasteiger partial charge in [0.2, 0.25) is 0 Å². The van der Waals surface area contributed by atoms with Crippen LogP contribution in [0, 0.1) is 40.4 Å². The van der Waals surface area contributed by atoms with Crippen molar-refractivity contribution in [2.45, 2.75) is 65.2 Å². The molecule has 0 aromatic heterocycles. The summed E-state index contributed by atoms with van der Waals surface area (Å²) >= 11 is 0. The first-order chi connectivity index (χ1) is 11.0. The molecule has 1 N–H and O–H groups in total. The molecule has 2 heteroatoms. The van der Waals surface area contributed by atoms with E-state index in [-0.39, 0.29) is 5.41 Å². The van der Waals surface area contributed by atoms with E-state index in [1.54, 1.807) is 0 Å². The van der Waals surface area contributed by atoms with Crippen LogP contribution in [0.2, 0.25) is 0 Å². The normalized spacial score (nSPS) is 52.0. The van der Waals surface area contributed by atoms with Crippen LogP contribution in [0.1, 0.15) is 65.2 Å². The Morgan fingerprint density at radius 3 is 2.74 bits per heavy atom. The molecule has 0 bridgehead atoms. The zero-order valence-electron chi connectivity index (χ0n) is 14.8. The third-order valence-corrected chi connectivity index (χ3v) is 8.71. The average molecular weight is 316 g/mol. The highest BCUT2D eigenvalue weighted by atomic mass is 16.3. The van der Waals surface area contributed by atoms with E-state index >= 15 is 0 Å². The maximum atomic E-state index is 11.9. The van der Waals surface area contributed by atoms with Crippen molar-refractivity contribution in [3.63, 3.8) is 0 Å². The molecule has 3 fully saturated rings. The van der Waals surface area contributed by atoms with Crippen LogP contribution in [0.5, 0.6) is 0 Å². The van der Waals surface area contributed by atoms with Crippen LogP contribution in [-0.2, 0) is 4.79 Å². The molecule has 4 aliphatic carbocycles. The van der Waals surface area contributed by atoms with Crippen LogP contribution in [0.15, 0.2) is 12.2 Å². The Morgan fingerprint density at radius 2 is 1.96 bits per heavy atom. The van der Waals surface area contributed by atoms with Crippen LogP contribution in [0.25, 0.3) is 0 Å². The largest absolute Gasteiger partial charge is 0.396 e. The number of fused-ring (bicyclic) bond motifs is 5. The molecular weight excluding hydrogens is 284 g/mol. The first-order valence-electron chi connectivity index (χ1n) is 9.82. The lowest BCUT2D eigenvalue weighted by molar-refractivity contribution is -0.122. The first-order valence-corrected chi connectivity index (χ1v) is 9.82. The van der Waals surface area contributed by atoms with Gasteiger partial charge in [-0.25, -0.2) is 0 Å². The maximum Gasteiger partial charge on any atom is 0.155 e. The molecule has 0 heterocycles. The fourth-order valence-corrected chi connectivity index (χ4v) is 7.37.